The molecular formula is C30H42N8O2. The van der Waals surface area contributed by atoms with Crippen molar-refractivity contribution in [3.05, 3.63) is 36.2 Å². The van der Waals surface area contributed by atoms with Gasteiger partial charge in [-0.05, 0) is 63.5 Å². The van der Waals surface area contributed by atoms with Gasteiger partial charge in [-0.15, -0.1) is 0 Å². The maximum absolute atomic E-state index is 12.9. The second kappa shape index (κ2) is 12.1. The number of aromatic nitrogens is 4. The van der Waals surface area contributed by atoms with Gasteiger partial charge in [-0.1, -0.05) is 25.0 Å². The summed E-state index contributed by atoms with van der Waals surface area (Å²) in [7, 11) is 1.62. The van der Waals surface area contributed by atoms with Crippen molar-refractivity contribution < 1.29 is 9.53 Å². The Balaban J connectivity index is 1.14. The summed E-state index contributed by atoms with van der Waals surface area (Å²) in [5.41, 5.74) is 8.60. The van der Waals surface area contributed by atoms with Crippen molar-refractivity contribution in [1.82, 2.24) is 24.4 Å². The van der Waals surface area contributed by atoms with E-state index in [2.05, 4.69) is 20.1 Å². The molecule has 0 bridgehead atoms. The minimum absolute atomic E-state index is 0.125. The molecule has 1 aliphatic heterocycles. The minimum atomic E-state index is 0.125. The molecule has 0 radical (unpaired) electrons. The number of benzene rings is 1. The maximum Gasteiger partial charge on any atom is 0.227 e. The van der Waals surface area contributed by atoms with Crippen molar-refractivity contribution in [2.45, 2.75) is 88.4 Å². The summed E-state index contributed by atoms with van der Waals surface area (Å²) in [6.07, 6.45) is 12.8. The van der Waals surface area contributed by atoms with Crippen LogP contribution in [0.25, 0.3) is 11.2 Å². The van der Waals surface area contributed by atoms with E-state index in [0.29, 0.717) is 41.9 Å². The van der Waals surface area contributed by atoms with Crippen LogP contribution < -0.4 is 21.1 Å². The number of hydrogen-bond donors (Lipinski definition) is 3. The summed E-state index contributed by atoms with van der Waals surface area (Å²) in [6.45, 7) is 2.12. The Labute approximate surface area is 236 Å². The second-order valence-corrected chi connectivity index (χ2v) is 11.8. The SMILES string of the molecule is COc1cccc(C(=O)CN2CCC(Nc3nc(NC4CCC(N)CC4)nc4c3ncn4C3CCCC3)CC2)c1. The largest absolute Gasteiger partial charge is 0.497 e. The quantitative estimate of drug-likeness (QED) is 0.335. The number of imidazole rings is 1. The first-order valence-corrected chi connectivity index (χ1v) is 15.0. The zero-order valence-corrected chi connectivity index (χ0v) is 23.5. The molecule has 10 nitrogen and oxygen atoms in total. The average Bonchev–Trinajstić information content (AvgIpc) is 3.66. The van der Waals surface area contributed by atoms with E-state index in [9.17, 15) is 4.79 Å². The number of nitrogens with two attached hydrogens (primary N) is 1. The number of fused-ring (bicyclic) bond motifs is 1. The van der Waals surface area contributed by atoms with E-state index in [0.717, 1.165) is 68.6 Å². The Morgan fingerprint density at radius 1 is 1.00 bits per heavy atom. The van der Waals surface area contributed by atoms with Crippen LogP contribution in [-0.2, 0) is 0 Å². The molecule has 40 heavy (non-hydrogen) atoms. The first kappa shape index (κ1) is 27.0. The third kappa shape index (κ3) is 6.07. The molecule has 3 fully saturated rings. The van der Waals surface area contributed by atoms with E-state index in [1.807, 2.05) is 30.6 Å². The fourth-order valence-electron chi connectivity index (χ4n) is 6.50. The number of piperidine rings is 1. The van der Waals surface area contributed by atoms with Crippen LogP contribution in [0.15, 0.2) is 30.6 Å². The summed E-state index contributed by atoms with van der Waals surface area (Å²) >= 11 is 0. The van der Waals surface area contributed by atoms with E-state index in [4.69, 9.17) is 25.4 Å². The maximum atomic E-state index is 12.9. The van der Waals surface area contributed by atoms with Gasteiger partial charge in [0.2, 0.25) is 5.95 Å². The van der Waals surface area contributed by atoms with Crippen LogP contribution >= 0.6 is 0 Å². The number of methoxy groups -OCH3 is 1. The molecule has 3 aliphatic rings. The number of anilines is 2. The number of nitrogens with one attached hydrogen (secondary N) is 2. The van der Waals surface area contributed by atoms with Crippen molar-refractivity contribution in [1.29, 1.82) is 0 Å². The van der Waals surface area contributed by atoms with E-state index >= 15 is 0 Å². The highest BCUT2D eigenvalue weighted by molar-refractivity contribution is 5.98. The molecule has 3 aromatic rings. The van der Waals surface area contributed by atoms with Crippen LogP contribution in [0.4, 0.5) is 11.8 Å². The monoisotopic (exact) mass is 546 g/mol. The van der Waals surface area contributed by atoms with Gasteiger partial charge in [0.1, 0.15) is 5.75 Å². The fraction of sp³-hybridized carbons (Fsp3) is 0.600. The van der Waals surface area contributed by atoms with Gasteiger partial charge >= 0.3 is 0 Å². The predicted octanol–water partition coefficient (Wildman–Crippen LogP) is 4.39. The number of nitrogens with zero attached hydrogens (tertiary/aromatic N) is 5. The zero-order valence-electron chi connectivity index (χ0n) is 23.5. The molecule has 0 unspecified atom stereocenters. The van der Waals surface area contributed by atoms with E-state index in [-0.39, 0.29) is 11.8 Å². The highest BCUT2D eigenvalue weighted by Gasteiger charge is 2.26. The smallest absolute Gasteiger partial charge is 0.227 e. The Kier molecular flexibility index (Phi) is 8.15. The number of rotatable bonds is 9. The Morgan fingerprint density at radius 2 is 1.75 bits per heavy atom. The standard InChI is InChI=1S/C30H42N8O2/c1-40-25-8-4-5-20(17-25)26(39)18-37-15-13-23(14-16-37)33-28-27-29(38(19-32-27)24-6-2-3-7-24)36-30(35-28)34-22-11-9-21(31)10-12-22/h4-5,8,17,19,21-24H,2-3,6-7,9-16,18,31H2,1H3,(H2,33,34,35,36). The van der Waals surface area contributed by atoms with Crippen molar-refractivity contribution in [3.8, 4) is 5.75 Å². The van der Waals surface area contributed by atoms with Crippen molar-refractivity contribution in [3.63, 3.8) is 0 Å². The highest BCUT2D eigenvalue weighted by atomic mass is 16.5. The molecule has 2 aliphatic carbocycles. The lowest BCUT2D eigenvalue weighted by Crippen LogP contribution is -2.41. The first-order valence-electron chi connectivity index (χ1n) is 15.0. The Morgan fingerprint density at radius 3 is 2.50 bits per heavy atom. The van der Waals surface area contributed by atoms with Gasteiger partial charge in [0.05, 0.1) is 20.0 Å². The molecule has 1 saturated heterocycles. The molecule has 0 atom stereocenters. The molecule has 0 amide bonds. The summed E-state index contributed by atoms with van der Waals surface area (Å²) in [4.78, 5) is 29.8. The van der Waals surface area contributed by atoms with E-state index in [1.54, 1.807) is 7.11 Å². The van der Waals surface area contributed by atoms with Gasteiger partial charge in [0.25, 0.3) is 0 Å². The number of ketones is 1. The van der Waals surface area contributed by atoms with Crippen LogP contribution in [0.5, 0.6) is 5.75 Å². The molecule has 10 heteroatoms. The van der Waals surface area contributed by atoms with Gasteiger partial charge in [-0.25, -0.2) is 4.98 Å². The third-order valence-corrected chi connectivity index (χ3v) is 8.93. The molecule has 214 valence electrons. The lowest BCUT2D eigenvalue weighted by Gasteiger charge is -2.32. The number of hydrogen-bond acceptors (Lipinski definition) is 9. The van der Waals surface area contributed by atoms with Gasteiger partial charge in [0.15, 0.2) is 22.8 Å². The van der Waals surface area contributed by atoms with Crippen LogP contribution in [0.3, 0.4) is 0 Å². The molecular weight excluding hydrogens is 504 g/mol. The van der Waals surface area contributed by atoms with Crippen molar-refractivity contribution in [2.24, 2.45) is 5.73 Å². The van der Waals surface area contributed by atoms with Gasteiger partial charge < -0.3 is 25.7 Å². The lowest BCUT2D eigenvalue weighted by atomic mass is 9.92. The van der Waals surface area contributed by atoms with Gasteiger partial charge in [-0.2, -0.15) is 9.97 Å². The third-order valence-electron chi connectivity index (χ3n) is 8.93. The summed E-state index contributed by atoms with van der Waals surface area (Å²) in [5.74, 6) is 2.32. The summed E-state index contributed by atoms with van der Waals surface area (Å²) in [5, 5.41) is 7.34. The molecule has 2 saturated carbocycles. The normalized spacial score (nSPS) is 22.9. The minimum Gasteiger partial charge on any atom is -0.497 e. The van der Waals surface area contributed by atoms with Crippen LogP contribution in [0.2, 0.25) is 0 Å². The summed E-state index contributed by atoms with van der Waals surface area (Å²) < 4.78 is 7.55. The molecule has 6 rings (SSSR count). The number of carbonyl (C=O) groups excluding carboxylic acids is 1. The van der Waals surface area contributed by atoms with Gasteiger partial charge in [-0.3, -0.25) is 9.69 Å². The fourth-order valence-corrected chi connectivity index (χ4v) is 6.50. The second-order valence-electron chi connectivity index (χ2n) is 11.8. The van der Waals surface area contributed by atoms with Crippen molar-refractivity contribution in [2.75, 3.05) is 37.4 Å². The van der Waals surface area contributed by atoms with Crippen molar-refractivity contribution >= 4 is 28.7 Å². The Hall–Kier alpha value is -3.24. The van der Waals surface area contributed by atoms with E-state index in [1.165, 1.54) is 25.7 Å². The Bertz CT molecular complexity index is 1300. The van der Waals surface area contributed by atoms with Crippen LogP contribution in [0, 0.1) is 0 Å². The molecule has 0 spiro atoms. The van der Waals surface area contributed by atoms with Crippen LogP contribution in [-0.4, -0.2) is 75.1 Å². The van der Waals surface area contributed by atoms with Gasteiger partial charge in [0, 0.05) is 42.8 Å². The highest BCUT2D eigenvalue weighted by Crippen LogP contribution is 2.34. The summed E-state index contributed by atoms with van der Waals surface area (Å²) in [6, 6.07) is 8.77. The predicted molar refractivity (Wildman–Crippen MR) is 157 cm³/mol. The lowest BCUT2D eigenvalue weighted by molar-refractivity contribution is 0.0912. The molecule has 2 aromatic heterocycles. The number of carbonyl (C=O) groups is 1. The average molecular weight is 547 g/mol. The molecule has 1 aromatic carbocycles. The van der Waals surface area contributed by atoms with E-state index < -0.39 is 0 Å². The number of Topliss-reactive ketones (excluding diaryl/α,β-unsaturated/α-hetero) is 1. The number of likely N-dealkylation sites (tertiary alicyclic amines) is 1. The molecule has 3 heterocycles. The molecule has 4 N–H and O–H groups in total. The topological polar surface area (TPSA) is 123 Å². The first-order chi connectivity index (χ1) is 19.6. The van der Waals surface area contributed by atoms with Crippen LogP contribution in [0.1, 0.15) is 80.6 Å². The zero-order chi connectivity index (χ0) is 27.5. The number of ether oxygens (including phenoxy) is 1.